The van der Waals surface area contributed by atoms with Crippen LogP contribution < -0.4 is 0 Å². The van der Waals surface area contributed by atoms with Crippen LogP contribution in [0.15, 0.2) is 17.2 Å². The molecule has 0 atom stereocenters. The number of esters is 1. The fraction of sp³-hybridized carbons (Fsp3) is 0.333. The third-order valence-electron chi connectivity index (χ3n) is 1.64. The lowest BCUT2D eigenvalue weighted by atomic mass is 10.3. The fourth-order valence-electron chi connectivity index (χ4n) is 0.983. The first kappa shape index (κ1) is 12.2. The molecular formula is C9H9N3O3S. The molecule has 0 saturated heterocycles. The molecule has 0 unspecified atom stereocenters. The van der Waals surface area contributed by atoms with Gasteiger partial charge in [-0.15, -0.1) is 11.3 Å². The summed E-state index contributed by atoms with van der Waals surface area (Å²) in [6.45, 7) is 1.98. The molecule has 1 aromatic rings. The smallest absolute Gasteiger partial charge is 0.380 e. The van der Waals surface area contributed by atoms with Crippen LogP contribution in [0.1, 0.15) is 21.5 Å². The third-order valence-corrected chi connectivity index (χ3v) is 2.70. The molecule has 0 aliphatic heterocycles. The highest BCUT2D eigenvalue weighted by Gasteiger charge is 2.19. The highest BCUT2D eigenvalue weighted by molar-refractivity contribution is 7.14. The van der Waals surface area contributed by atoms with Crippen molar-refractivity contribution in [3.05, 3.63) is 32.3 Å². The number of azide groups is 1. The van der Waals surface area contributed by atoms with Crippen LogP contribution in [0.25, 0.3) is 10.4 Å². The molecule has 0 aromatic carbocycles. The Kier molecular flexibility index (Phi) is 4.50. The monoisotopic (exact) mass is 239 g/mol. The van der Waals surface area contributed by atoms with E-state index in [1.807, 2.05) is 0 Å². The van der Waals surface area contributed by atoms with Crippen molar-refractivity contribution >= 4 is 23.1 Å². The lowest BCUT2D eigenvalue weighted by Crippen LogP contribution is -2.16. The Bertz CT molecular complexity index is 449. The number of rotatable bonds is 5. The Morgan fingerprint density at radius 3 is 2.94 bits per heavy atom. The predicted octanol–water partition coefficient (Wildman–Crippen LogP) is 2.30. The molecule has 1 heterocycles. The zero-order chi connectivity index (χ0) is 12.0. The van der Waals surface area contributed by atoms with Crippen molar-refractivity contribution < 1.29 is 14.3 Å². The Labute approximate surface area is 95.5 Å². The summed E-state index contributed by atoms with van der Waals surface area (Å²) in [6, 6.07) is 3.16. The molecule has 0 aliphatic carbocycles. The van der Waals surface area contributed by atoms with Crippen LogP contribution in [0.2, 0.25) is 0 Å². The van der Waals surface area contributed by atoms with Crippen molar-refractivity contribution in [3.8, 4) is 0 Å². The summed E-state index contributed by atoms with van der Waals surface area (Å²) in [5.41, 5.74) is 8.12. The van der Waals surface area contributed by atoms with Crippen LogP contribution in [0.3, 0.4) is 0 Å². The van der Waals surface area contributed by atoms with Crippen molar-refractivity contribution in [1.82, 2.24) is 0 Å². The Hall–Kier alpha value is -1.85. The van der Waals surface area contributed by atoms with E-state index in [9.17, 15) is 9.59 Å². The van der Waals surface area contributed by atoms with Crippen molar-refractivity contribution in [2.45, 2.75) is 13.5 Å². The van der Waals surface area contributed by atoms with Gasteiger partial charge in [-0.2, -0.15) is 0 Å². The van der Waals surface area contributed by atoms with Crippen molar-refractivity contribution in [3.63, 3.8) is 0 Å². The molecule has 0 fully saturated rings. The van der Waals surface area contributed by atoms with E-state index in [2.05, 4.69) is 14.8 Å². The molecule has 0 saturated carbocycles. The second kappa shape index (κ2) is 5.89. The molecule has 1 rings (SSSR count). The number of Topliss-reactive ketones (excluding diaryl/α,β-unsaturated/α-hetero) is 1. The largest absolute Gasteiger partial charge is 0.460 e. The number of nitrogens with zero attached hydrogens (tertiary/aromatic N) is 3. The second-order valence-corrected chi connectivity index (χ2v) is 3.87. The van der Waals surface area contributed by atoms with Gasteiger partial charge in [0, 0.05) is 9.79 Å². The molecule has 16 heavy (non-hydrogen) atoms. The summed E-state index contributed by atoms with van der Waals surface area (Å²) in [6.07, 6.45) is 0. The van der Waals surface area contributed by atoms with Gasteiger partial charge in [0.2, 0.25) is 0 Å². The molecule has 1 aromatic heterocycles. The number of ketones is 1. The van der Waals surface area contributed by atoms with Crippen molar-refractivity contribution in [2.75, 3.05) is 6.61 Å². The van der Waals surface area contributed by atoms with Crippen LogP contribution in [0.5, 0.6) is 0 Å². The van der Waals surface area contributed by atoms with Gasteiger partial charge in [-0.1, -0.05) is 5.11 Å². The molecule has 0 N–H and O–H groups in total. The quantitative estimate of drug-likeness (QED) is 0.197. The average Bonchev–Trinajstić information content (AvgIpc) is 2.74. The minimum atomic E-state index is -0.861. The lowest BCUT2D eigenvalue weighted by molar-refractivity contribution is -0.137. The summed E-state index contributed by atoms with van der Waals surface area (Å²) in [4.78, 5) is 26.2. The fourth-order valence-corrected chi connectivity index (χ4v) is 1.84. The van der Waals surface area contributed by atoms with Gasteiger partial charge >= 0.3 is 5.97 Å². The molecule has 7 heteroatoms. The van der Waals surface area contributed by atoms with Gasteiger partial charge in [0.15, 0.2) is 0 Å². The molecule has 84 valence electrons. The van der Waals surface area contributed by atoms with Crippen molar-refractivity contribution in [1.29, 1.82) is 0 Å². The van der Waals surface area contributed by atoms with E-state index >= 15 is 0 Å². The summed E-state index contributed by atoms with van der Waals surface area (Å²) >= 11 is 1.12. The van der Waals surface area contributed by atoms with Crippen LogP contribution in [-0.2, 0) is 16.1 Å². The van der Waals surface area contributed by atoms with Gasteiger partial charge in [0.25, 0.3) is 5.78 Å². The number of carbonyl (C=O) groups is 2. The number of hydrogen-bond donors (Lipinski definition) is 0. The standard InChI is InChI=1S/C9H9N3O3S/c1-2-15-9(14)8(13)7-4-3-6(16-7)5-11-12-10/h3-4H,2,5H2,1H3. The maximum atomic E-state index is 11.5. The normalized spacial score (nSPS) is 9.31. The molecule has 0 amide bonds. The van der Waals surface area contributed by atoms with E-state index in [0.29, 0.717) is 4.88 Å². The van der Waals surface area contributed by atoms with E-state index < -0.39 is 11.8 Å². The third kappa shape index (κ3) is 3.08. The molecule has 0 spiro atoms. The molecular weight excluding hydrogens is 230 g/mol. The van der Waals surface area contributed by atoms with Gasteiger partial charge in [0.05, 0.1) is 18.0 Å². The molecule has 0 radical (unpaired) electrons. The summed E-state index contributed by atoms with van der Waals surface area (Å²) in [5, 5.41) is 3.36. The zero-order valence-corrected chi connectivity index (χ0v) is 9.36. The van der Waals surface area contributed by atoms with Crippen molar-refractivity contribution in [2.24, 2.45) is 5.11 Å². The molecule has 0 aliphatic rings. The van der Waals surface area contributed by atoms with Gasteiger partial charge in [-0.3, -0.25) is 4.79 Å². The maximum Gasteiger partial charge on any atom is 0.380 e. The Morgan fingerprint density at radius 1 is 1.56 bits per heavy atom. The number of carbonyl (C=O) groups excluding carboxylic acids is 2. The number of hydrogen-bond acceptors (Lipinski definition) is 5. The summed E-state index contributed by atoms with van der Waals surface area (Å²) in [5.74, 6) is -1.53. The van der Waals surface area contributed by atoms with Gasteiger partial charge in [0.1, 0.15) is 0 Å². The highest BCUT2D eigenvalue weighted by atomic mass is 32.1. The van der Waals surface area contributed by atoms with E-state index in [1.165, 1.54) is 6.07 Å². The van der Waals surface area contributed by atoms with E-state index in [4.69, 9.17) is 5.53 Å². The lowest BCUT2D eigenvalue weighted by Gasteiger charge is -1.97. The van der Waals surface area contributed by atoms with Crippen LogP contribution in [-0.4, -0.2) is 18.4 Å². The van der Waals surface area contributed by atoms with Gasteiger partial charge in [-0.25, -0.2) is 4.79 Å². The van der Waals surface area contributed by atoms with E-state index in [1.54, 1.807) is 13.0 Å². The van der Waals surface area contributed by atoms with Gasteiger partial charge < -0.3 is 4.74 Å². The second-order valence-electron chi connectivity index (χ2n) is 2.70. The zero-order valence-electron chi connectivity index (χ0n) is 8.54. The topological polar surface area (TPSA) is 92.1 Å². The van der Waals surface area contributed by atoms with Crippen LogP contribution >= 0.6 is 11.3 Å². The maximum absolute atomic E-state index is 11.5. The minimum absolute atomic E-state index is 0.168. The highest BCUT2D eigenvalue weighted by Crippen LogP contribution is 2.18. The average molecular weight is 239 g/mol. The number of thiophene rings is 1. The first-order valence-corrected chi connectivity index (χ1v) is 5.31. The first-order chi connectivity index (χ1) is 7.69. The molecule has 0 bridgehead atoms. The number of ether oxygens (including phenoxy) is 1. The predicted molar refractivity (Wildman–Crippen MR) is 58.1 cm³/mol. The van der Waals surface area contributed by atoms with Gasteiger partial charge in [-0.05, 0) is 24.6 Å². The van der Waals surface area contributed by atoms with Crippen LogP contribution in [0, 0.1) is 0 Å². The van der Waals surface area contributed by atoms with Crippen LogP contribution in [0.4, 0.5) is 0 Å². The Morgan fingerprint density at radius 2 is 2.31 bits per heavy atom. The first-order valence-electron chi connectivity index (χ1n) is 4.50. The van der Waals surface area contributed by atoms with E-state index in [0.717, 1.165) is 16.2 Å². The minimum Gasteiger partial charge on any atom is -0.460 e. The summed E-state index contributed by atoms with van der Waals surface area (Å²) in [7, 11) is 0. The van der Waals surface area contributed by atoms with E-state index in [-0.39, 0.29) is 13.2 Å². The molecule has 6 nitrogen and oxygen atoms in total. The Balaban J connectivity index is 2.73. The SMILES string of the molecule is CCOC(=O)C(=O)c1ccc(CN=[N+]=[N-])s1. The summed E-state index contributed by atoms with van der Waals surface area (Å²) < 4.78 is 4.58.